The lowest BCUT2D eigenvalue weighted by atomic mass is 9.75. The topological polar surface area (TPSA) is 26.0 Å². The maximum absolute atomic E-state index is 6.56. The van der Waals surface area contributed by atoms with Gasteiger partial charge in [-0.05, 0) is 49.4 Å². The third kappa shape index (κ3) is 2.11. The van der Waals surface area contributed by atoms with Crippen molar-refractivity contribution in [3.63, 3.8) is 0 Å². The summed E-state index contributed by atoms with van der Waals surface area (Å²) in [6.07, 6.45) is 5.97. The van der Waals surface area contributed by atoms with Crippen molar-refractivity contribution in [2.45, 2.75) is 51.5 Å². The normalized spacial score (nSPS) is 19.8. The molecule has 0 saturated heterocycles. The number of aryl methyl sites for hydroxylation is 1. The predicted octanol–water partition coefficient (Wildman–Crippen LogP) is 4.07. The van der Waals surface area contributed by atoms with E-state index in [9.17, 15) is 0 Å². The summed E-state index contributed by atoms with van der Waals surface area (Å²) >= 11 is 6.24. The number of benzene rings is 1. The molecule has 2 N–H and O–H groups in total. The molecule has 0 radical (unpaired) electrons. The van der Waals surface area contributed by atoms with Gasteiger partial charge in [-0.15, -0.1) is 0 Å². The molecular weight excluding hydrogens is 218 g/mol. The highest BCUT2D eigenvalue weighted by molar-refractivity contribution is 6.31. The second-order valence-electron chi connectivity index (χ2n) is 5.14. The van der Waals surface area contributed by atoms with Crippen molar-refractivity contribution < 1.29 is 0 Å². The zero-order chi connectivity index (χ0) is 11.8. The van der Waals surface area contributed by atoms with E-state index >= 15 is 0 Å². The quantitative estimate of drug-likeness (QED) is 0.783. The van der Waals surface area contributed by atoms with Crippen LogP contribution in [0.5, 0.6) is 0 Å². The molecule has 0 aromatic heterocycles. The molecular formula is C14H20ClN. The van der Waals surface area contributed by atoms with Crippen molar-refractivity contribution in [3.8, 4) is 0 Å². The number of rotatable bonds is 1. The zero-order valence-corrected chi connectivity index (χ0v) is 10.9. The Bertz CT molecular complexity index is 392. The third-order valence-corrected chi connectivity index (χ3v) is 4.16. The molecule has 0 unspecified atom stereocenters. The molecule has 1 aliphatic rings. The number of nitrogens with two attached hydrogens (primary N) is 1. The lowest BCUT2D eigenvalue weighted by molar-refractivity contribution is 0.301. The SMILES string of the molecule is Cc1cc(Cl)c(C)c(C2(N)CCCCC2)c1. The first-order valence-corrected chi connectivity index (χ1v) is 6.47. The second kappa shape index (κ2) is 4.38. The Morgan fingerprint density at radius 3 is 2.38 bits per heavy atom. The third-order valence-electron chi connectivity index (χ3n) is 3.77. The fraction of sp³-hybridized carbons (Fsp3) is 0.571. The van der Waals surface area contributed by atoms with Crippen molar-refractivity contribution >= 4 is 11.6 Å². The lowest BCUT2D eigenvalue weighted by Crippen LogP contribution is -2.39. The first-order valence-electron chi connectivity index (χ1n) is 6.09. The summed E-state index contributed by atoms with van der Waals surface area (Å²) in [4.78, 5) is 0. The predicted molar refractivity (Wildman–Crippen MR) is 69.9 cm³/mol. The largest absolute Gasteiger partial charge is 0.321 e. The molecule has 0 spiro atoms. The minimum absolute atomic E-state index is 0.141. The molecule has 0 aliphatic heterocycles. The summed E-state index contributed by atoms with van der Waals surface area (Å²) in [6.45, 7) is 4.17. The van der Waals surface area contributed by atoms with E-state index < -0.39 is 0 Å². The maximum atomic E-state index is 6.56. The van der Waals surface area contributed by atoms with Crippen molar-refractivity contribution in [1.82, 2.24) is 0 Å². The first-order chi connectivity index (χ1) is 7.53. The van der Waals surface area contributed by atoms with Gasteiger partial charge in [0.2, 0.25) is 0 Å². The molecule has 1 saturated carbocycles. The average molecular weight is 238 g/mol. The van der Waals surface area contributed by atoms with Gasteiger partial charge in [0.25, 0.3) is 0 Å². The molecule has 1 nitrogen and oxygen atoms in total. The summed E-state index contributed by atoms with van der Waals surface area (Å²) in [5.74, 6) is 0. The second-order valence-corrected chi connectivity index (χ2v) is 5.54. The summed E-state index contributed by atoms with van der Waals surface area (Å²) in [7, 11) is 0. The van der Waals surface area contributed by atoms with Crippen LogP contribution < -0.4 is 5.73 Å². The summed E-state index contributed by atoms with van der Waals surface area (Å²) < 4.78 is 0. The van der Waals surface area contributed by atoms with Crippen LogP contribution in [0, 0.1) is 13.8 Å². The number of hydrogen-bond acceptors (Lipinski definition) is 1. The van der Waals surface area contributed by atoms with E-state index in [0.717, 1.165) is 23.4 Å². The molecule has 2 heteroatoms. The zero-order valence-electron chi connectivity index (χ0n) is 10.1. The molecule has 1 aromatic carbocycles. The molecule has 1 aliphatic carbocycles. The Kier molecular flexibility index (Phi) is 3.27. The van der Waals surface area contributed by atoms with Gasteiger partial charge in [-0.3, -0.25) is 0 Å². The smallest absolute Gasteiger partial charge is 0.0441 e. The summed E-state index contributed by atoms with van der Waals surface area (Å²) in [5.41, 5.74) is 10.1. The number of halogens is 1. The van der Waals surface area contributed by atoms with Crippen LogP contribution >= 0.6 is 11.6 Å². The Hall–Kier alpha value is -0.530. The first kappa shape index (κ1) is 11.9. The van der Waals surface area contributed by atoms with Gasteiger partial charge in [-0.25, -0.2) is 0 Å². The van der Waals surface area contributed by atoms with Gasteiger partial charge in [-0.2, -0.15) is 0 Å². The van der Waals surface area contributed by atoms with Crippen molar-refractivity contribution in [2.75, 3.05) is 0 Å². The van der Waals surface area contributed by atoms with Crippen molar-refractivity contribution in [1.29, 1.82) is 0 Å². The van der Waals surface area contributed by atoms with Crippen LogP contribution in [0.15, 0.2) is 12.1 Å². The van der Waals surface area contributed by atoms with Crippen LogP contribution in [0.25, 0.3) is 0 Å². The van der Waals surface area contributed by atoms with E-state index in [1.165, 1.54) is 30.4 Å². The minimum atomic E-state index is -0.141. The molecule has 1 aromatic rings. The standard InChI is InChI=1S/C14H20ClN/c1-10-8-12(11(2)13(15)9-10)14(16)6-4-3-5-7-14/h8-9H,3-7,16H2,1-2H3. The van der Waals surface area contributed by atoms with E-state index in [1.54, 1.807) is 0 Å². The van der Waals surface area contributed by atoms with Gasteiger partial charge in [0.1, 0.15) is 0 Å². The highest BCUT2D eigenvalue weighted by atomic mass is 35.5. The molecule has 0 heterocycles. The van der Waals surface area contributed by atoms with Crippen LogP contribution in [0.3, 0.4) is 0 Å². The molecule has 88 valence electrons. The Morgan fingerprint density at radius 2 is 1.75 bits per heavy atom. The summed E-state index contributed by atoms with van der Waals surface area (Å²) in [5, 5.41) is 0.852. The Labute approximate surface area is 103 Å². The minimum Gasteiger partial charge on any atom is -0.321 e. The van der Waals surface area contributed by atoms with Crippen LogP contribution in [-0.2, 0) is 5.54 Å². The fourth-order valence-electron chi connectivity index (χ4n) is 2.78. The van der Waals surface area contributed by atoms with E-state index in [1.807, 2.05) is 6.07 Å². The van der Waals surface area contributed by atoms with Gasteiger partial charge >= 0.3 is 0 Å². The Morgan fingerprint density at radius 1 is 1.12 bits per heavy atom. The van der Waals surface area contributed by atoms with Crippen molar-refractivity contribution in [2.24, 2.45) is 5.73 Å². The van der Waals surface area contributed by atoms with Crippen molar-refractivity contribution in [3.05, 3.63) is 33.8 Å². The monoisotopic (exact) mass is 237 g/mol. The van der Waals surface area contributed by atoms with E-state index in [-0.39, 0.29) is 5.54 Å². The number of hydrogen-bond donors (Lipinski definition) is 1. The van der Waals surface area contributed by atoms with Crippen LogP contribution in [0.4, 0.5) is 0 Å². The van der Waals surface area contributed by atoms with Gasteiger partial charge in [-0.1, -0.05) is 36.9 Å². The van der Waals surface area contributed by atoms with Crippen LogP contribution in [0.1, 0.15) is 48.8 Å². The maximum Gasteiger partial charge on any atom is 0.0441 e. The summed E-state index contributed by atoms with van der Waals surface area (Å²) in [6, 6.07) is 4.24. The van der Waals surface area contributed by atoms with Gasteiger partial charge in [0, 0.05) is 10.6 Å². The van der Waals surface area contributed by atoms with E-state index in [0.29, 0.717) is 0 Å². The average Bonchev–Trinajstić information content (AvgIpc) is 2.24. The van der Waals surface area contributed by atoms with Gasteiger partial charge < -0.3 is 5.73 Å². The molecule has 1 fully saturated rings. The highest BCUT2D eigenvalue weighted by Gasteiger charge is 2.31. The molecule has 0 bridgehead atoms. The highest BCUT2D eigenvalue weighted by Crippen LogP contribution is 2.38. The van der Waals surface area contributed by atoms with E-state index in [2.05, 4.69) is 19.9 Å². The lowest BCUT2D eigenvalue weighted by Gasteiger charge is -2.35. The van der Waals surface area contributed by atoms with Crippen LogP contribution in [0.2, 0.25) is 5.02 Å². The fourth-order valence-corrected chi connectivity index (χ4v) is 3.06. The molecule has 0 atom stereocenters. The molecule has 2 rings (SSSR count). The van der Waals surface area contributed by atoms with Crippen LogP contribution in [-0.4, -0.2) is 0 Å². The van der Waals surface area contributed by atoms with E-state index in [4.69, 9.17) is 17.3 Å². The Balaban J connectivity index is 2.45. The van der Waals surface area contributed by atoms with Gasteiger partial charge in [0.15, 0.2) is 0 Å². The molecule has 16 heavy (non-hydrogen) atoms. The van der Waals surface area contributed by atoms with Gasteiger partial charge in [0.05, 0.1) is 0 Å². The molecule has 0 amide bonds.